The van der Waals surface area contributed by atoms with E-state index in [4.69, 9.17) is 14.9 Å². The van der Waals surface area contributed by atoms with Crippen LogP contribution in [0.4, 0.5) is 11.9 Å². The molecule has 0 saturated heterocycles. The normalized spacial score (nSPS) is 11.0. The number of hydrogen-bond donors (Lipinski definition) is 2. The first kappa shape index (κ1) is 15.9. The Balaban J connectivity index is 1.48. The second-order valence-corrected chi connectivity index (χ2v) is 5.55. The molecular formula is C17H17N7O2. The van der Waals surface area contributed by atoms with Crippen LogP contribution in [-0.2, 0) is 6.42 Å². The maximum atomic E-state index is 5.96. The molecule has 0 aliphatic heterocycles. The van der Waals surface area contributed by atoms with Crippen LogP contribution in [-0.4, -0.2) is 38.2 Å². The fraction of sp³-hybridized carbons (Fsp3) is 0.176. The van der Waals surface area contributed by atoms with E-state index in [0.29, 0.717) is 29.9 Å². The van der Waals surface area contributed by atoms with Gasteiger partial charge in [-0.05, 0) is 36.2 Å². The molecule has 9 heteroatoms. The van der Waals surface area contributed by atoms with E-state index in [2.05, 4.69) is 25.4 Å². The lowest BCUT2D eigenvalue weighted by Gasteiger charge is -2.06. The highest BCUT2D eigenvalue weighted by molar-refractivity contribution is 5.52. The number of nitrogen functional groups attached to an aromatic ring is 1. The number of ether oxygens (including phenoxy) is 1. The zero-order valence-electron chi connectivity index (χ0n) is 14.1. The minimum Gasteiger partial charge on any atom is -0.497 e. The molecule has 0 amide bonds. The Morgan fingerprint density at radius 1 is 1.15 bits per heavy atom. The van der Waals surface area contributed by atoms with Gasteiger partial charge in [0.15, 0.2) is 5.76 Å². The van der Waals surface area contributed by atoms with Gasteiger partial charge in [-0.2, -0.15) is 19.5 Å². The highest BCUT2D eigenvalue weighted by Crippen LogP contribution is 2.17. The average Bonchev–Trinajstić information content (AvgIpc) is 3.32. The molecule has 0 bridgehead atoms. The van der Waals surface area contributed by atoms with E-state index < -0.39 is 0 Å². The molecule has 1 aromatic carbocycles. The number of aromatic nitrogens is 5. The Labute approximate surface area is 148 Å². The van der Waals surface area contributed by atoms with E-state index in [1.807, 2.05) is 24.3 Å². The number of furan rings is 1. The second-order valence-electron chi connectivity index (χ2n) is 5.55. The number of methoxy groups -OCH3 is 1. The molecule has 3 heterocycles. The number of nitrogens with zero attached hydrogens (tertiary/aromatic N) is 5. The zero-order chi connectivity index (χ0) is 17.9. The quantitative estimate of drug-likeness (QED) is 0.542. The Morgan fingerprint density at radius 2 is 2.00 bits per heavy atom. The zero-order valence-corrected chi connectivity index (χ0v) is 14.1. The number of benzene rings is 1. The maximum Gasteiger partial charge on any atom is 0.259 e. The second kappa shape index (κ2) is 6.71. The van der Waals surface area contributed by atoms with E-state index in [-0.39, 0.29) is 5.95 Å². The van der Waals surface area contributed by atoms with Crippen molar-refractivity contribution in [2.24, 2.45) is 0 Å². The molecule has 0 fully saturated rings. The standard InChI is InChI=1S/C17H17N7O2/c1-25-12-6-4-11(5-7-12)8-9-19-16-21-15(18)24-17(22-16)20-14(23-24)13-3-2-10-26-13/h2-7,10H,8-9H2,1H3,(H3,18,19,20,21,22,23). The van der Waals surface area contributed by atoms with Crippen molar-refractivity contribution in [3.05, 3.63) is 48.2 Å². The molecule has 0 unspecified atom stereocenters. The van der Waals surface area contributed by atoms with E-state index in [0.717, 1.165) is 12.2 Å². The molecule has 4 rings (SSSR count). The first-order valence-electron chi connectivity index (χ1n) is 8.04. The van der Waals surface area contributed by atoms with Crippen molar-refractivity contribution in [2.75, 3.05) is 24.7 Å². The SMILES string of the molecule is COc1ccc(CCNc2nc(N)n3nc(-c4ccco4)nc3n2)cc1. The summed E-state index contributed by atoms with van der Waals surface area (Å²) in [5.41, 5.74) is 7.14. The van der Waals surface area contributed by atoms with Crippen LogP contribution in [0.1, 0.15) is 5.56 Å². The van der Waals surface area contributed by atoms with Gasteiger partial charge in [0.05, 0.1) is 13.4 Å². The van der Waals surface area contributed by atoms with Crippen molar-refractivity contribution in [1.82, 2.24) is 24.6 Å². The molecule has 0 spiro atoms. The van der Waals surface area contributed by atoms with Crippen LogP contribution in [0.25, 0.3) is 17.4 Å². The fourth-order valence-electron chi connectivity index (χ4n) is 2.51. The molecule has 0 atom stereocenters. The summed E-state index contributed by atoms with van der Waals surface area (Å²) in [5.74, 6) is 2.75. The topological polar surface area (TPSA) is 116 Å². The van der Waals surface area contributed by atoms with Gasteiger partial charge < -0.3 is 20.2 Å². The van der Waals surface area contributed by atoms with E-state index >= 15 is 0 Å². The summed E-state index contributed by atoms with van der Waals surface area (Å²) in [6, 6.07) is 11.4. The van der Waals surface area contributed by atoms with Crippen LogP contribution < -0.4 is 15.8 Å². The lowest BCUT2D eigenvalue weighted by Crippen LogP contribution is -2.12. The van der Waals surface area contributed by atoms with Gasteiger partial charge in [-0.15, -0.1) is 5.10 Å². The van der Waals surface area contributed by atoms with Gasteiger partial charge in [0.2, 0.25) is 17.7 Å². The Morgan fingerprint density at radius 3 is 2.73 bits per heavy atom. The first-order valence-corrected chi connectivity index (χ1v) is 8.04. The van der Waals surface area contributed by atoms with Crippen molar-refractivity contribution >= 4 is 17.7 Å². The van der Waals surface area contributed by atoms with Crippen LogP contribution in [0.15, 0.2) is 47.1 Å². The molecule has 0 radical (unpaired) electrons. The van der Waals surface area contributed by atoms with Gasteiger partial charge >= 0.3 is 0 Å². The summed E-state index contributed by atoms with van der Waals surface area (Å²) >= 11 is 0. The third-order valence-electron chi connectivity index (χ3n) is 3.83. The summed E-state index contributed by atoms with van der Waals surface area (Å²) in [7, 11) is 1.65. The van der Waals surface area contributed by atoms with E-state index in [1.54, 1.807) is 25.5 Å². The van der Waals surface area contributed by atoms with Crippen molar-refractivity contribution in [3.8, 4) is 17.3 Å². The fourth-order valence-corrected chi connectivity index (χ4v) is 2.51. The summed E-state index contributed by atoms with van der Waals surface area (Å²) in [4.78, 5) is 12.9. The molecule has 26 heavy (non-hydrogen) atoms. The monoisotopic (exact) mass is 351 g/mol. The molecule has 3 N–H and O–H groups in total. The third kappa shape index (κ3) is 3.14. The number of nitrogens with one attached hydrogen (secondary N) is 1. The predicted octanol–water partition coefficient (Wildman–Crippen LogP) is 2.02. The van der Waals surface area contributed by atoms with Crippen molar-refractivity contribution < 1.29 is 9.15 Å². The number of fused-ring (bicyclic) bond motifs is 1. The van der Waals surface area contributed by atoms with E-state index in [9.17, 15) is 0 Å². The Bertz CT molecular complexity index is 1010. The summed E-state index contributed by atoms with van der Waals surface area (Å²) in [5, 5.41) is 7.42. The minimum atomic E-state index is 0.201. The Hall–Kier alpha value is -3.62. The third-order valence-corrected chi connectivity index (χ3v) is 3.83. The van der Waals surface area contributed by atoms with Gasteiger partial charge in [0, 0.05) is 6.54 Å². The lowest BCUT2D eigenvalue weighted by molar-refractivity contribution is 0.414. The van der Waals surface area contributed by atoms with Gasteiger partial charge in [0.1, 0.15) is 5.75 Å². The number of anilines is 2. The van der Waals surface area contributed by atoms with Crippen molar-refractivity contribution in [3.63, 3.8) is 0 Å². The molecule has 9 nitrogen and oxygen atoms in total. The van der Waals surface area contributed by atoms with Crippen LogP contribution in [0, 0.1) is 0 Å². The van der Waals surface area contributed by atoms with Crippen molar-refractivity contribution in [2.45, 2.75) is 6.42 Å². The lowest BCUT2D eigenvalue weighted by atomic mass is 10.1. The van der Waals surface area contributed by atoms with Crippen LogP contribution in [0.3, 0.4) is 0 Å². The first-order chi connectivity index (χ1) is 12.7. The minimum absolute atomic E-state index is 0.201. The highest BCUT2D eigenvalue weighted by Gasteiger charge is 2.13. The average molecular weight is 351 g/mol. The van der Waals surface area contributed by atoms with Crippen molar-refractivity contribution in [1.29, 1.82) is 0 Å². The van der Waals surface area contributed by atoms with Gasteiger partial charge in [-0.25, -0.2) is 0 Å². The molecule has 3 aromatic heterocycles. The maximum absolute atomic E-state index is 5.96. The predicted molar refractivity (Wildman–Crippen MR) is 95.9 cm³/mol. The van der Waals surface area contributed by atoms with Crippen LogP contribution in [0.2, 0.25) is 0 Å². The smallest absolute Gasteiger partial charge is 0.259 e. The Kier molecular flexibility index (Phi) is 4.10. The van der Waals surface area contributed by atoms with Crippen LogP contribution in [0.5, 0.6) is 5.75 Å². The summed E-state index contributed by atoms with van der Waals surface area (Å²) in [6.07, 6.45) is 2.37. The number of hydrogen-bond acceptors (Lipinski definition) is 8. The van der Waals surface area contributed by atoms with Crippen LogP contribution >= 0.6 is 0 Å². The number of rotatable bonds is 6. The van der Waals surface area contributed by atoms with Gasteiger partial charge in [-0.3, -0.25) is 0 Å². The largest absolute Gasteiger partial charge is 0.497 e. The molecule has 0 saturated carbocycles. The molecule has 4 aromatic rings. The van der Waals surface area contributed by atoms with Gasteiger partial charge in [0.25, 0.3) is 5.78 Å². The molecule has 0 aliphatic rings. The summed E-state index contributed by atoms with van der Waals surface area (Å²) < 4.78 is 11.8. The van der Waals surface area contributed by atoms with Gasteiger partial charge in [-0.1, -0.05) is 12.1 Å². The molecular weight excluding hydrogens is 334 g/mol. The van der Waals surface area contributed by atoms with E-state index in [1.165, 1.54) is 10.1 Å². The summed E-state index contributed by atoms with van der Waals surface area (Å²) in [6.45, 7) is 0.654. The molecule has 132 valence electrons. The highest BCUT2D eigenvalue weighted by atomic mass is 16.5. The molecule has 0 aliphatic carbocycles. The number of nitrogens with two attached hydrogens (primary N) is 1.